The largest absolute Gasteiger partial charge is 0.466 e. The Morgan fingerprint density at radius 3 is 2.42 bits per heavy atom. The van der Waals surface area contributed by atoms with Crippen molar-refractivity contribution >= 4 is 5.97 Å². The number of esters is 1. The number of carbonyl (C=O) groups excluding carboxylic acids is 1. The average Bonchev–Trinajstić information content (AvgIpc) is 2.64. The lowest BCUT2D eigenvalue weighted by Crippen LogP contribution is -2.49. The molecule has 3 nitrogen and oxygen atoms in total. The molecule has 1 aliphatic heterocycles. The van der Waals surface area contributed by atoms with Crippen LogP contribution in [-0.2, 0) is 16.1 Å². The molecule has 2 fully saturated rings. The first-order valence-corrected chi connectivity index (χ1v) is 9.68. The van der Waals surface area contributed by atoms with Crippen molar-refractivity contribution in [3.05, 3.63) is 35.9 Å². The van der Waals surface area contributed by atoms with Gasteiger partial charge in [-0.25, -0.2) is 0 Å². The molecule has 0 N–H and O–H groups in total. The Kier molecular flexibility index (Phi) is 5.94. The molecule has 1 aromatic rings. The van der Waals surface area contributed by atoms with Crippen molar-refractivity contribution < 1.29 is 9.53 Å². The van der Waals surface area contributed by atoms with Crippen LogP contribution in [0.1, 0.15) is 57.4 Å². The van der Waals surface area contributed by atoms with Crippen LogP contribution in [0.3, 0.4) is 0 Å². The highest BCUT2D eigenvalue weighted by Crippen LogP contribution is 2.46. The van der Waals surface area contributed by atoms with Crippen LogP contribution in [0.2, 0.25) is 0 Å². The second-order valence-corrected chi connectivity index (χ2v) is 7.47. The summed E-state index contributed by atoms with van der Waals surface area (Å²) in [7, 11) is 0. The van der Waals surface area contributed by atoms with Gasteiger partial charge in [0.15, 0.2) is 0 Å². The first kappa shape index (κ1) is 17.5. The minimum absolute atomic E-state index is 0.0799. The number of carbonyl (C=O) groups is 1. The van der Waals surface area contributed by atoms with Crippen molar-refractivity contribution in [3.8, 4) is 0 Å². The van der Waals surface area contributed by atoms with Gasteiger partial charge in [-0.05, 0) is 57.2 Å². The molecule has 1 aliphatic carbocycles. The third kappa shape index (κ3) is 3.83. The normalized spacial score (nSPS) is 22.2. The highest BCUT2D eigenvalue weighted by atomic mass is 16.5. The van der Waals surface area contributed by atoms with E-state index in [0.717, 1.165) is 32.5 Å². The number of benzene rings is 1. The van der Waals surface area contributed by atoms with E-state index in [0.29, 0.717) is 12.5 Å². The second kappa shape index (κ2) is 8.15. The predicted octanol–water partition coefficient (Wildman–Crippen LogP) is 4.41. The molecule has 3 rings (SSSR count). The Hall–Kier alpha value is -1.35. The number of piperidine rings is 1. The summed E-state index contributed by atoms with van der Waals surface area (Å²) in [6.07, 6.45) is 8.22. The Morgan fingerprint density at radius 1 is 1.12 bits per heavy atom. The molecule has 1 aromatic carbocycles. The second-order valence-electron chi connectivity index (χ2n) is 7.47. The predicted molar refractivity (Wildman–Crippen MR) is 96.6 cm³/mol. The van der Waals surface area contributed by atoms with Crippen molar-refractivity contribution in [3.63, 3.8) is 0 Å². The van der Waals surface area contributed by atoms with Gasteiger partial charge in [-0.3, -0.25) is 9.69 Å². The van der Waals surface area contributed by atoms with Gasteiger partial charge in [0.25, 0.3) is 0 Å². The van der Waals surface area contributed by atoms with E-state index >= 15 is 0 Å². The van der Waals surface area contributed by atoms with Crippen LogP contribution in [0, 0.1) is 11.3 Å². The van der Waals surface area contributed by atoms with Gasteiger partial charge in [-0.1, -0.05) is 49.6 Å². The van der Waals surface area contributed by atoms with Gasteiger partial charge in [0, 0.05) is 6.54 Å². The molecule has 3 heteroatoms. The van der Waals surface area contributed by atoms with Gasteiger partial charge >= 0.3 is 5.97 Å². The number of ether oxygens (including phenoxy) is 1. The standard InChI is InChI=1S/C21H31NO2/c1-2-24-20(23)21(19-11-7-4-8-12-19)13-15-22(16-14-21)17-18-9-5-3-6-10-18/h3,5-6,9-10,19H,2,4,7-8,11-17H2,1H3. The number of hydrogen-bond acceptors (Lipinski definition) is 3. The molecular weight excluding hydrogens is 298 g/mol. The zero-order chi connectivity index (χ0) is 16.8. The number of rotatable bonds is 5. The van der Waals surface area contributed by atoms with Crippen LogP contribution in [-0.4, -0.2) is 30.6 Å². The van der Waals surface area contributed by atoms with E-state index in [1.54, 1.807) is 0 Å². The lowest BCUT2D eigenvalue weighted by molar-refractivity contribution is -0.164. The highest BCUT2D eigenvalue weighted by molar-refractivity contribution is 5.77. The van der Waals surface area contributed by atoms with Crippen molar-refractivity contribution in [1.29, 1.82) is 0 Å². The Morgan fingerprint density at radius 2 is 1.79 bits per heavy atom. The zero-order valence-corrected chi connectivity index (χ0v) is 15.0. The molecular formula is C21H31NO2. The molecule has 1 saturated heterocycles. The van der Waals surface area contributed by atoms with E-state index < -0.39 is 0 Å². The number of nitrogens with zero attached hydrogens (tertiary/aromatic N) is 1. The highest BCUT2D eigenvalue weighted by Gasteiger charge is 2.48. The van der Waals surface area contributed by atoms with Crippen LogP contribution < -0.4 is 0 Å². The first-order valence-electron chi connectivity index (χ1n) is 9.68. The Balaban J connectivity index is 1.66. The van der Waals surface area contributed by atoms with Crippen LogP contribution in [0.5, 0.6) is 0 Å². The fraction of sp³-hybridized carbons (Fsp3) is 0.667. The van der Waals surface area contributed by atoms with Gasteiger partial charge in [0.1, 0.15) is 0 Å². The summed E-state index contributed by atoms with van der Waals surface area (Å²) in [4.78, 5) is 15.3. The summed E-state index contributed by atoms with van der Waals surface area (Å²) in [5.74, 6) is 0.612. The van der Waals surface area contributed by atoms with Crippen molar-refractivity contribution in [2.24, 2.45) is 11.3 Å². The topological polar surface area (TPSA) is 29.5 Å². The van der Waals surface area contributed by atoms with Gasteiger partial charge in [-0.2, -0.15) is 0 Å². The Labute approximate surface area is 146 Å². The molecule has 1 saturated carbocycles. The minimum atomic E-state index is -0.219. The van der Waals surface area contributed by atoms with Crippen LogP contribution in [0.25, 0.3) is 0 Å². The molecule has 0 aromatic heterocycles. The summed E-state index contributed by atoms with van der Waals surface area (Å²) >= 11 is 0. The van der Waals surface area contributed by atoms with Crippen molar-refractivity contribution in [2.45, 2.75) is 58.4 Å². The monoisotopic (exact) mass is 329 g/mol. The summed E-state index contributed by atoms with van der Waals surface area (Å²) in [6, 6.07) is 10.6. The van der Waals surface area contributed by atoms with Crippen LogP contribution >= 0.6 is 0 Å². The first-order chi connectivity index (χ1) is 11.7. The summed E-state index contributed by atoms with van der Waals surface area (Å²) in [5, 5.41) is 0. The maximum absolute atomic E-state index is 12.8. The number of hydrogen-bond donors (Lipinski definition) is 0. The fourth-order valence-corrected chi connectivity index (χ4v) is 4.66. The SMILES string of the molecule is CCOC(=O)C1(C2CCCCC2)CCN(Cc2ccccc2)CC1. The van der Waals surface area contributed by atoms with E-state index in [1.807, 2.05) is 6.92 Å². The molecule has 0 amide bonds. The lowest BCUT2D eigenvalue weighted by atomic mass is 9.63. The molecule has 0 spiro atoms. The van der Waals surface area contributed by atoms with Crippen molar-refractivity contribution in [2.75, 3.05) is 19.7 Å². The molecule has 0 radical (unpaired) electrons. The van der Waals surface area contributed by atoms with Gasteiger partial charge in [-0.15, -0.1) is 0 Å². The zero-order valence-electron chi connectivity index (χ0n) is 15.0. The van der Waals surface area contributed by atoms with E-state index in [1.165, 1.54) is 37.7 Å². The maximum Gasteiger partial charge on any atom is 0.312 e. The summed E-state index contributed by atoms with van der Waals surface area (Å²) in [5.41, 5.74) is 1.14. The quantitative estimate of drug-likeness (QED) is 0.749. The fourth-order valence-electron chi connectivity index (χ4n) is 4.66. The summed E-state index contributed by atoms with van der Waals surface area (Å²) < 4.78 is 5.53. The van der Waals surface area contributed by atoms with E-state index in [-0.39, 0.29) is 11.4 Å². The molecule has 0 unspecified atom stereocenters. The van der Waals surface area contributed by atoms with E-state index in [4.69, 9.17) is 4.74 Å². The third-order valence-corrected chi connectivity index (χ3v) is 6.07. The average molecular weight is 329 g/mol. The molecule has 0 bridgehead atoms. The Bertz CT molecular complexity index is 514. The molecule has 2 aliphatic rings. The van der Waals surface area contributed by atoms with Crippen molar-refractivity contribution in [1.82, 2.24) is 4.90 Å². The smallest absolute Gasteiger partial charge is 0.312 e. The maximum atomic E-state index is 12.8. The minimum Gasteiger partial charge on any atom is -0.466 e. The third-order valence-electron chi connectivity index (χ3n) is 6.07. The van der Waals surface area contributed by atoms with E-state index in [2.05, 4.69) is 35.2 Å². The van der Waals surface area contributed by atoms with Gasteiger partial charge in [0.05, 0.1) is 12.0 Å². The van der Waals surface area contributed by atoms with Crippen LogP contribution in [0.15, 0.2) is 30.3 Å². The van der Waals surface area contributed by atoms with Crippen LogP contribution in [0.4, 0.5) is 0 Å². The summed E-state index contributed by atoms with van der Waals surface area (Å²) in [6.45, 7) is 5.43. The van der Waals surface area contributed by atoms with E-state index in [9.17, 15) is 4.79 Å². The lowest BCUT2D eigenvalue weighted by Gasteiger charge is -2.46. The molecule has 132 valence electrons. The molecule has 24 heavy (non-hydrogen) atoms. The molecule has 1 heterocycles. The van der Waals surface area contributed by atoms with Gasteiger partial charge < -0.3 is 4.74 Å². The number of likely N-dealkylation sites (tertiary alicyclic amines) is 1. The van der Waals surface area contributed by atoms with Gasteiger partial charge in [0.2, 0.25) is 0 Å². The molecule has 0 atom stereocenters.